The molecule has 0 bridgehead atoms. The lowest BCUT2D eigenvalue weighted by molar-refractivity contribution is 0.302. The summed E-state index contributed by atoms with van der Waals surface area (Å²) in [6.07, 6.45) is 1.54. The van der Waals surface area contributed by atoms with Crippen molar-refractivity contribution in [3.8, 4) is 16.9 Å². The number of rotatable bonds is 5. The second-order valence-electron chi connectivity index (χ2n) is 7.16. The average Bonchev–Trinajstić information content (AvgIpc) is 2.73. The predicted octanol–water partition coefficient (Wildman–Crippen LogP) is 6.16. The minimum atomic E-state index is -0.0241. The SMILES string of the molecule is CC(C)c1cc2c(=O)c(-c3ccccc3)coc2cc1OCc1ccccc1. The van der Waals surface area contributed by atoms with Crippen molar-refractivity contribution in [1.82, 2.24) is 0 Å². The largest absolute Gasteiger partial charge is 0.488 e. The zero-order valence-electron chi connectivity index (χ0n) is 16.0. The molecule has 0 unspecified atom stereocenters. The van der Waals surface area contributed by atoms with Crippen LogP contribution in [-0.4, -0.2) is 0 Å². The fourth-order valence-corrected chi connectivity index (χ4v) is 3.30. The van der Waals surface area contributed by atoms with E-state index in [1.807, 2.05) is 72.8 Å². The molecular formula is C25H22O3. The van der Waals surface area contributed by atoms with Gasteiger partial charge in [-0.3, -0.25) is 4.79 Å². The molecular weight excluding hydrogens is 348 g/mol. The zero-order chi connectivity index (χ0) is 19.5. The molecule has 3 aromatic carbocycles. The molecule has 0 amide bonds. The second kappa shape index (κ2) is 7.73. The Labute approximate surface area is 164 Å². The fraction of sp³-hybridized carbons (Fsp3) is 0.160. The molecule has 0 N–H and O–H groups in total. The van der Waals surface area contributed by atoms with Crippen LogP contribution in [0.2, 0.25) is 0 Å². The maximum Gasteiger partial charge on any atom is 0.200 e. The summed E-state index contributed by atoms with van der Waals surface area (Å²) in [6, 6.07) is 23.4. The van der Waals surface area contributed by atoms with E-state index in [-0.39, 0.29) is 11.3 Å². The fourth-order valence-electron chi connectivity index (χ4n) is 3.30. The van der Waals surface area contributed by atoms with Gasteiger partial charge in [0.2, 0.25) is 5.43 Å². The van der Waals surface area contributed by atoms with Gasteiger partial charge in [-0.25, -0.2) is 0 Å². The number of hydrogen-bond donors (Lipinski definition) is 0. The monoisotopic (exact) mass is 370 g/mol. The van der Waals surface area contributed by atoms with Crippen molar-refractivity contribution in [2.24, 2.45) is 0 Å². The van der Waals surface area contributed by atoms with Gasteiger partial charge in [-0.05, 0) is 28.7 Å². The molecule has 0 radical (unpaired) electrons. The first-order chi connectivity index (χ1) is 13.6. The van der Waals surface area contributed by atoms with Crippen LogP contribution in [0.3, 0.4) is 0 Å². The molecule has 28 heavy (non-hydrogen) atoms. The Morgan fingerprint density at radius 3 is 2.29 bits per heavy atom. The highest BCUT2D eigenvalue weighted by Crippen LogP contribution is 2.32. The molecule has 3 nitrogen and oxygen atoms in total. The van der Waals surface area contributed by atoms with E-state index in [2.05, 4.69) is 13.8 Å². The Balaban J connectivity index is 1.78. The van der Waals surface area contributed by atoms with Crippen LogP contribution < -0.4 is 10.2 Å². The molecule has 0 saturated carbocycles. The molecule has 140 valence electrons. The van der Waals surface area contributed by atoms with E-state index in [4.69, 9.17) is 9.15 Å². The van der Waals surface area contributed by atoms with Crippen LogP contribution in [0.25, 0.3) is 22.1 Å². The highest BCUT2D eigenvalue weighted by molar-refractivity contribution is 5.83. The normalized spacial score (nSPS) is 11.1. The Morgan fingerprint density at radius 1 is 0.929 bits per heavy atom. The molecule has 0 spiro atoms. The number of hydrogen-bond acceptors (Lipinski definition) is 3. The van der Waals surface area contributed by atoms with E-state index in [0.717, 1.165) is 22.4 Å². The predicted molar refractivity (Wildman–Crippen MR) is 113 cm³/mol. The van der Waals surface area contributed by atoms with Gasteiger partial charge in [-0.2, -0.15) is 0 Å². The summed E-state index contributed by atoms with van der Waals surface area (Å²) in [5.41, 5.74) is 4.04. The van der Waals surface area contributed by atoms with Crippen molar-refractivity contribution in [3.05, 3.63) is 100 Å². The van der Waals surface area contributed by atoms with Crippen molar-refractivity contribution < 1.29 is 9.15 Å². The van der Waals surface area contributed by atoms with E-state index in [1.54, 1.807) is 0 Å². The summed E-state index contributed by atoms with van der Waals surface area (Å²) in [4.78, 5) is 13.1. The van der Waals surface area contributed by atoms with Crippen LogP contribution in [0.1, 0.15) is 30.9 Å². The van der Waals surface area contributed by atoms with E-state index >= 15 is 0 Å². The summed E-state index contributed by atoms with van der Waals surface area (Å²) in [6.45, 7) is 4.66. The first-order valence-corrected chi connectivity index (χ1v) is 9.45. The van der Waals surface area contributed by atoms with Gasteiger partial charge in [-0.1, -0.05) is 74.5 Å². The lowest BCUT2D eigenvalue weighted by atomic mass is 9.98. The highest BCUT2D eigenvalue weighted by Gasteiger charge is 2.15. The van der Waals surface area contributed by atoms with Gasteiger partial charge in [0.25, 0.3) is 0 Å². The zero-order valence-corrected chi connectivity index (χ0v) is 16.0. The molecule has 0 aliphatic heterocycles. The van der Waals surface area contributed by atoms with Crippen LogP contribution in [0.15, 0.2) is 88.3 Å². The van der Waals surface area contributed by atoms with E-state index in [9.17, 15) is 4.79 Å². The first kappa shape index (κ1) is 18.1. The molecule has 1 heterocycles. The van der Waals surface area contributed by atoms with Gasteiger partial charge in [0.1, 0.15) is 24.2 Å². The minimum absolute atomic E-state index is 0.0241. The van der Waals surface area contributed by atoms with Crippen LogP contribution in [-0.2, 0) is 6.61 Å². The summed E-state index contributed by atoms with van der Waals surface area (Å²) in [7, 11) is 0. The molecule has 4 rings (SSSR count). The third-order valence-corrected chi connectivity index (χ3v) is 4.85. The van der Waals surface area contributed by atoms with Gasteiger partial charge < -0.3 is 9.15 Å². The van der Waals surface area contributed by atoms with Crippen LogP contribution in [0.5, 0.6) is 5.75 Å². The molecule has 1 aromatic heterocycles. The molecule has 0 fully saturated rings. The van der Waals surface area contributed by atoms with Crippen LogP contribution in [0.4, 0.5) is 0 Å². The Kier molecular flexibility index (Phi) is 4.98. The quantitative estimate of drug-likeness (QED) is 0.422. The second-order valence-corrected chi connectivity index (χ2v) is 7.16. The summed E-state index contributed by atoms with van der Waals surface area (Å²) >= 11 is 0. The lowest BCUT2D eigenvalue weighted by Crippen LogP contribution is -2.07. The molecule has 0 aliphatic carbocycles. The summed E-state index contributed by atoms with van der Waals surface area (Å²) in [5, 5.41) is 0.581. The average molecular weight is 370 g/mol. The van der Waals surface area contributed by atoms with Gasteiger partial charge in [0.15, 0.2) is 0 Å². The Bertz CT molecular complexity index is 1140. The van der Waals surface area contributed by atoms with Gasteiger partial charge in [0, 0.05) is 6.07 Å². The van der Waals surface area contributed by atoms with Crippen molar-refractivity contribution in [2.75, 3.05) is 0 Å². The van der Waals surface area contributed by atoms with Crippen molar-refractivity contribution >= 4 is 11.0 Å². The van der Waals surface area contributed by atoms with Crippen molar-refractivity contribution in [2.45, 2.75) is 26.4 Å². The molecule has 0 aliphatic rings. The molecule has 0 atom stereocenters. The minimum Gasteiger partial charge on any atom is -0.488 e. The number of fused-ring (bicyclic) bond motifs is 1. The number of benzene rings is 3. The van der Waals surface area contributed by atoms with Crippen LogP contribution >= 0.6 is 0 Å². The first-order valence-electron chi connectivity index (χ1n) is 9.45. The maximum absolute atomic E-state index is 13.1. The summed E-state index contributed by atoms with van der Waals surface area (Å²) < 4.78 is 11.9. The van der Waals surface area contributed by atoms with Crippen LogP contribution in [0, 0.1) is 0 Å². The van der Waals surface area contributed by atoms with E-state index in [1.165, 1.54) is 6.26 Å². The van der Waals surface area contributed by atoms with Crippen molar-refractivity contribution in [1.29, 1.82) is 0 Å². The Morgan fingerprint density at radius 2 is 1.61 bits per heavy atom. The van der Waals surface area contributed by atoms with Crippen molar-refractivity contribution in [3.63, 3.8) is 0 Å². The van der Waals surface area contributed by atoms with E-state index in [0.29, 0.717) is 23.1 Å². The topological polar surface area (TPSA) is 39.4 Å². The van der Waals surface area contributed by atoms with Gasteiger partial charge >= 0.3 is 0 Å². The highest BCUT2D eigenvalue weighted by atomic mass is 16.5. The molecule has 4 aromatic rings. The summed E-state index contributed by atoms with van der Waals surface area (Å²) in [5.74, 6) is 0.969. The van der Waals surface area contributed by atoms with E-state index < -0.39 is 0 Å². The standard InChI is InChI=1S/C25H22O3/c1-17(2)20-13-21-24(14-23(20)27-15-18-9-5-3-6-10-18)28-16-22(25(21)26)19-11-7-4-8-12-19/h3-14,16-17H,15H2,1-2H3. The molecule has 0 saturated heterocycles. The third kappa shape index (κ3) is 3.56. The number of ether oxygens (including phenoxy) is 1. The Hall–Kier alpha value is -3.33. The smallest absolute Gasteiger partial charge is 0.200 e. The van der Waals surface area contributed by atoms with Gasteiger partial charge in [-0.15, -0.1) is 0 Å². The molecule has 3 heteroatoms. The third-order valence-electron chi connectivity index (χ3n) is 4.85. The van der Waals surface area contributed by atoms with Gasteiger partial charge in [0.05, 0.1) is 10.9 Å². The maximum atomic E-state index is 13.1. The lowest BCUT2D eigenvalue weighted by Gasteiger charge is -2.15.